The molecular formula is C22H22N2O6S. The maximum Gasteiger partial charge on any atom is 0.293 e. The summed E-state index contributed by atoms with van der Waals surface area (Å²) in [5.41, 5.74) is 0.347. The minimum absolute atomic E-state index is 0.0856. The number of nitrogens with zero attached hydrogens (tertiary/aromatic N) is 2. The summed E-state index contributed by atoms with van der Waals surface area (Å²) in [5.74, 6) is 1.25. The summed E-state index contributed by atoms with van der Waals surface area (Å²) >= 11 is 0.909. The van der Waals surface area contributed by atoms with Gasteiger partial charge < -0.3 is 9.15 Å². The molecule has 0 unspecified atom stereocenters. The van der Waals surface area contributed by atoms with Gasteiger partial charge in [0, 0.05) is 24.8 Å². The van der Waals surface area contributed by atoms with Crippen LogP contribution in [-0.4, -0.2) is 34.6 Å². The number of methoxy groups -OCH3 is 1. The second-order valence-corrected chi connectivity index (χ2v) is 8.63. The van der Waals surface area contributed by atoms with Gasteiger partial charge in [-0.1, -0.05) is 19.3 Å². The number of furan rings is 1. The van der Waals surface area contributed by atoms with Crippen molar-refractivity contribution in [3.8, 4) is 17.1 Å². The number of carbonyl (C=O) groups excluding carboxylic acids is 2. The Morgan fingerprint density at radius 2 is 2.00 bits per heavy atom. The first-order valence-electron chi connectivity index (χ1n) is 10.1. The van der Waals surface area contributed by atoms with Crippen LogP contribution in [0.1, 0.15) is 37.9 Å². The standard InChI is InChI=1S/C22H22N2O6S/c1-29-18-9-7-15(24(27)28)11-17(18)19-10-8-16(30-19)12-20-21(25)23(22(26)31-20)13-14-5-3-2-4-6-14/h7-12,14H,2-6,13H2,1H3. The van der Waals surface area contributed by atoms with Gasteiger partial charge in [-0.25, -0.2) is 0 Å². The summed E-state index contributed by atoms with van der Waals surface area (Å²) in [6, 6.07) is 7.54. The van der Waals surface area contributed by atoms with Crippen LogP contribution >= 0.6 is 11.8 Å². The average Bonchev–Trinajstić information content (AvgIpc) is 3.34. The van der Waals surface area contributed by atoms with E-state index in [1.165, 1.54) is 36.6 Å². The topological polar surface area (TPSA) is 103 Å². The number of nitro benzene ring substituents is 1. The number of benzene rings is 1. The van der Waals surface area contributed by atoms with Crippen LogP contribution in [0.3, 0.4) is 0 Å². The first-order chi connectivity index (χ1) is 15.0. The molecule has 0 atom stereocenters. The summed E-state index contributed by atoms with van der Waals surface area (Å²) in [6.45, 7) is 0.469. The van der Waals surface area contributed by atoms with Crippen molar-refractivity contribution in [3.05, 3.63) is 51.1 Å². The minimum atomic E-state index is -0.491. The number of imide groups is 1. The molecule has 1 aliphatic heterocycles. The summed E-state index contributed by atoms with van der Waals surface area (Å²) in [6.07, 6.45) is 7.15. The number of carbonyl (C=O) groups is 2. The van der Waals surface area contributed by atoms with E-state index in [4.69, 9.17) is 9.15 Å². The zero-order valence-electron chi connectivity index (χ0n) is 17.0. The largest absolute Gasteiger partial charge is 0.496 e. The first-order valence-corrected chi connectivity index (χ1v) is 11.0. The molecule has 0 N–H and O–H groups in total. The average molecular weight is 442 g/mol. The lowest BCUT2D eigenvalue weighted by atomic mass is 9.89. The van der Waals surface area contributed by atoms with E-state index in [0.717, 1.165) is 37.4 Å². The minimum Gasteiger partial charge on any atom is -0.496 e. The fourth-order valence-corrected chi connectivity index (χ4v) is 4.82. The van der Waals surface area contributed by atoms with E-state index >= 15 is 0 Å². The van der Waals surface area contributed by atoms with Crippen molar-refractivity contribution < 1.29 is 23.7 Å². The number of ether oxygens (including phenoxy) is 1. The molecule has 1 saturated carbocycles. The van der Waals surface area contributed by atoms with E-state index < -0.39 is 4.92 Å². The van der Waals surface area contributed by atoms with Gasteiger partial charge in [0.15, 0.2) is 0 Å². The zero-order chi connectivity index (χ0) is 22.0. The van der Waals surface area contributed by atoms with Crippen molar-refractivity contribution in [2.75, 3.05) is 13.7 Å². The van der Waals surface area contributed by atoms with Crippen molar-refractivity contribution in [2.24, 2.45) is 5.92 Å². The number of rotatable bonds is 6. The first kappa shape index (κ1) is 21.2. The number of nitro groups is 1. The smallest absolute Gasteiger partial charge is 0.293 e. The number of non-ortho nitro benzene ring substituents is 1. The number of hydrogen-bond donors (Lipinski definition) is 0. The van der Waals surface area contributed by atoms with Gasteiger partial charge >= 0.3 is 0 Å². The fourth-order valence-electron chi connectivity index (χ4n) is 3.99. The maximum absolute atomic E-state index is 12.8. The summed E-state index contributed by atoms with van der Waals surface area (Å²) in [5, 5.41) is 10.9. The molecule has 1 aromatic heterocycles. The van der Waals surface area contributed by atoms with Crippen molar-refractivity contribution in [1.29, 1.82) is 0 Å². The molecule has 9 heteroatoms. The summed E-state index contributed by atoms with van der Waals surface area (Å²) in [4.78, 5) is 37.4. The predicted octanol–water partition coefficient (Wildman–Crippen LogP) is 5.48. The Labute approximate surface area is 183 Å². The molecule has 2 amide bonds. The van der Waals surface area contributed by atoms with Crippen LogP contribution in [0.25, 0.3) is 17.4 Å². The highest BCUT2D eigenvalue weighted by atomic mass is 32.2. The van der Waals surface area contributed by atoms with Crippen molar-refractivity contribution in [1.82, 2.24) is 4.90 Å². The molecule has 0 spiro atoms. The Morgan fingerprint density at radius 3 is 2.71 bits per heavy atom. The van der Waals surface area contributed by atoms with Crippen molar-refractivity contribution in [2.45, 2.75) is 32.1 Å². The molecule has 8 nitrogen and oxygen atoms in total. The molecule has 2 aliphatic rings. The van der Waals surface area contributed by atoms with Gasteiger partial charge in [-0.2, -0.15) is 0 Å². The number of thioether (sulfide) groups is 1. The fraction of sp³-hybridized carbons (Fsp3) is 0.364. The Bertz CT molecular complexity index is 1050. The van der Waals surface area contributed by atoms with Gasteiger partial charge in [0.25, 0.3) is 16.8 Å². The van der Waals surface area contributed by atoms with Crippen LogP contribution in [0, 0.1) is 16.0 Å². The van der Waals surface area contributed by atoms with E-state index in [-0.39, 0.29) is 16.8 Å². The van der Waals surface area contributed by atoms with E-state index in [0.29, 0.717) is 40.2 Å². The molecule has 1 aromatic carbocycles. The monoisotopic (exact) mass is 442 g/mol. The maximum atomic E-state index is 12.8. The van der Waals surface area contributed by atoms with Crippen LogP contribution < -0.4 is 4.74 Å². The van der Waals surface area contributed by atoms with E-state index in [1.54, 1.807) is 18.2 Å². The molecule has 2 aromatic rings. The van der Waals surface area contributed by atoms with Crippen LogP contribution in [0.15, 0.2) is 39.7 Å². The Kier molecular flexibility index (Phi) is 6.13. The molecule has 2 heterocycles. The van der Waals surface area contributed by atoms with Gasteiger partial charge in [-0.05, 0) is 48.7 Å². The summed E-state index contributed by atoms with van der Waals surface area (Å²) < 4.78 is 11.1. The van der Waals surface area contributed by atoms with Crippen LogP contribution in [0.5, 0.6) is 5.75 Å². The SMILES string of the molecule is COc1ccc([N+](=O)[O-])cc1-c1ccc(C=C2SC(=O)N(CC3CCCCC3)C2=O)o1. The van der Waals surface area contributed by atoms with Gasteiger partial charge in [0.2, 0.25) is 0 Å². The lowest BCUT2D eigenvalue weighted by Crippen LogP contribution is -2.34. The van der Waals surface area contributed by atoms with E-state index in [9.17, 15) is 19.7 Å². The van der Waals surface area contributed by atoms with E-state index in [2.05, 4.69) is 0 Å². The van der Waals surface area contributed by atoms with Crippen molar-refractivity contribution >= 4 is 34.7 Å². The van der Waals surface area contributed by atoms with Crippen LogP contribution in [0.2, 0.25) is 0 Å². The molecule has 162 valence electrons. The highest BCUT2D eigenvalue weighted by molar-refractivity contribution is 8.18. The Hall–Kier alpha value is -3.07. The van der Waals surface area contributed by atoms with Crippen molar-refractivity contribution in [3.63, 3.8) is 0 Å². The van der Waals surface area contributed by atoms with Crippen LogP contribution in [0.4, 0.5) is 10.5 Å². The Balaban J connectivity index is 1.55. The molecule has 1 aliphatic carbocycles. The molecule has 4 rings (SSSR count). The van der Waals surface area contributed by atoms with Crippen LogP contribution in [-0.2, 0) is 4.79 Å². The summed E-state index contributed by atoms with van der Waals surface area (Å²) in [7, 11) is 1.47. The number of hydrogen-bond acceptors (Lipinski definition) is 7. The highest BCUT2D eigenvalue weighted by Crippen LogP contribution is 2.37. The van der Waals surface area contributed by atoms with Gasteiger partial charge in [0.1, 0.15) is 17.3 Å². The zero-order valence-corrected chi connectivity index (χ0v) is 17.9. The third kappa shape index (κ3) is 4.51. The third-order valence-electron chi connectivity index (χ3n) is 5.60. The van der Waals surface area contributed by atoms with E-state index in [1.807, 2.05) is 0 Å². The molecular weight excluding hydrogens is 420 g/mol. The molecule has 0 radical (unpaired) electrons. The Morgan fingerprint density at radius 1 is 1.23 bits per heavy atom. The number of amides is 2. The van der Waals surface area contributed by atoms with Gasteiger partial charge in [0.05, 0.1) is 22.5 Å². The molecule has 1 saturated heterocycles. The highest BCUT2D eigenvalue weighted by Gasteiger charge is 2.36. The molecule has 2 fully saturated rings. The second-order valence-electron chi connectivity index (χ2n) is 7.64. The lowest BCUT2D eigenvalue weighted by Gasteiger charge is -2.25. The normalized spacial score (nSPS) is 18.7. The third-order valence-corrected chi connectivity index (χ3v) is 6.51. The second kappa shape index (κ2) is 8.97. The van der Waals surface area contributed by atoms with Gasteiger partial charge in [-0.3, -0.25) is 24.6 Å². The molecule has 31 heavy (non-hydrogen) atoms. The van der Waals surface area contributed by atoms with Gasteiger partial charge in [-0.15, -0.1) is 0 Å². The lowest BCUT2D eigenvalue weighted by molar-refractivity contribution is -0.384. The predicted molar refractivity (Wildman–Crippen MR) is 117 cm³/mol. The molecule has 0 bridgehead atoms. The quantitative estimate of drug-likeness (QED) is 0.331.